The van der Waals surface area contributed by atoms with Crippen molar-refractivity contribution in [2.24, 2.45) is 0 Å². The molecule has 0 aromatic carbocycles. The van der Waals surface area contributed by atoms with Gasteiger partial charge in [0.1, 0.15) is 0 Å². The van der Waals surface area contributed by atoms with Crippen molar-refractivity contribution in [3.05, 3.63) is 0 Å². The molecule has 1 saturated heterocycles. The van der Waals surface area contributed by atoms with Gasteiger partial charge in [-0.05, 0) is 0 Å². The van der Waals surface area contributed by atoms with Crippen LogP contribution in [0.15, 0.2) is 0 Å². The van der Waals surface area contributed by atoms with Crippen molar-refractivity contribution in [2.45, 2.75) is 18.4 Å². The summed E-state index contributed by atoms with van der Waals surface area (Å²) in [5.74, 6) is -0.621. The van der Waals surface area contributed by atoms with Crippen LogP contribution in [0, 0.1) is 0 Å². The zero-order valence-corrected chi connectivity index (χ0v) is 9.89. The van der Waals surface area contributed by atoms with Crippen LogP contribution >= 0.6 is 0 Å². The van der Waals surface area contributed by atoms with Crippen LogP contribution in [0.3, 0.4) is 0 Å². The average molecular weight is 230 g/mol. The molecular weight excluding hydrogens is 212 g/mol. The number of amides is 2. The highest BCUT2D eigenvalue weighted by Crippen LogP contribution is 2.23. The first kappa shape index (κ1) is 12.8. The van der Waals surface area contributed by atoms with Gasteiger partial charge in [-0.1, -0.05) is 0 Å². The van der Waals surface area contributed by atoms with Gasteiger partial charge in [0.15, 0.2) is 5.60 Å². The summed E-state index contributed by atoms with van der Waals surface area (Å²) in [5.41, 5.74) is -1.43. The Labute approximate surface area is 94.8 Å². The lowest BCUT2D eigenvalue weighted by Gasteiger charge is -2.37. The van der Waals surface area contributed by atoms with E-state index in [1.165, 1.54) is 12.0 Å². The topological polar surface area (TPSA) is 70.1 Å². The standard InChI is InChI=1S/C10H18N2O4/c1-11(2)9(14)12-6-4-10(15,5-7-12)8(13)16-3/h15H,4-7H2,1-3H3. The molecule has 1 heterocycles. The van der Waals surface area contributed by atoms with Gasteiger partial charge >= 0.3 is 12.0 Å². The summed E-state index contributed by atoms with van der Waals surface area (Å²) in [6.07, 6.45) is 0.443. The van der Waals surface area contributed by atoms with E-state index < -0.39 is 11.6 Å². The number of aliphatic hydroxyl groups is 1. The first-order valence-corrected chi connectivity index (χ1v) is 5.18. The van der Waals surface area contributed by atoms with E-state index in [1.54, 1.807) is 19.0 Å². The molecule has 0 saturated carbocycles. The molecule has 1 fully saturated rings. The summed E-state index contributed by atoms with van der Waals surface area (Å²) in [5, 5.41) is 9.95. The number of likely N-dealkylation sites (tertiary alicyclic amines) is 1. The zero-order valence-electron chi connectivity index (χ0n) is 9.89. The maximum atomic E-state index is 11.6. The van der Waals surface area contributed by atoms with Crippen molar-refractivity contribution >= 4 is 12.0 Å². The van der Waals surface area contributed by atoms with E-state index in [0.29, 0.717) is 13.1 Å². The van der Waals surface area contributed by atoms with Crippen molar-refractivity contribution in [1.82, 2.24) is 9.80 Å². The second-order valence-electron chi connectivity index (χ2n) is 4.19. The molecule has 0 aromatic heterocycles. The Morgan fingerprint density at radius 1 is 1.31 bits per heavy atom. The number of methoxy groups -OCH3 is 1. The molecule has 0 radical (unpaired) electrons. The van der Waals surface area contributed by atoms with E-state index in [2.05, 4.69) is 4.74 Å². The Morgan fingerprint density at radius 2 is 1.81 bits per heavy atom. The van der Waals surface area contributed by atoms with Gasteiger partial charge in [0.2, 0.25) is 0 Å². The summed E-state index contributed by atoms with van der Waals surface area (Å²) in [7, 11) is 4.59. The third-order valence-corrected chi connectivity index (χ3v) is 2.81. The number of nitrogens with zero attached hydrogens (tertiary/aromatic N) is 2. The van der Waals surface area contributed by atoms with Crippen LogP contribution in [0.25, 0.3) is 0 Å². The zero-order chi connectivity index (χ0) is 12.3. The van der Waals surface area contributed by atoms with Crippen LogP contribution in [0.2, 0.25) is 0 Å². The molecule has 1 N–H and O–H groups in total. The fourth-order valence-electron chi connectivity index (χ4n) is 1.74. The minimum absolute atomic E-state index is 0.105. The van der Waals surface area contributed by atoms with Gasteiger partial charge in [-0.25, -0.2) is 9.59 Å². The first-order valence-electron chi connectivity index (χ1n) is 5.18. The molecule has 0 atom stereocenters. The monoisotopic (exact) mass is 230 g/mol. The molecule has 0 aromatic rings. The molecule has 0 spiro atoms. The summed E-state index contributed by atoms with van der Waals surface area (Å²) < 4.78 is 4.53. The predicted molar refractivity (Wildman–Crippen MR) is 56.9 cm³/mol. The van der Waals surface area contributed by atoms with Gasteiger partial charge in [0, 0.05) is 40.0 Å². The van der Waals surface area contributed by atoms with Gasteiger partial charge in [0.05, 0.1) is 7.11 Å². The number of hydrogen-bond donors (Lipinski definition) is 1. The fourth-order valence-corrected chi connectivity index (χ4v) is 1.74. The molecule has 92 valence electrons. The second kappa shape index (κ2) is 4.69. The minimum atomic E-state index is -1.43. The number of piperidine rings is 1. The smallest absolute Gasteiger partial charge is 0.337 e. The summed E-state index contributed by atoms with van der Waals surface area (Å²) in [4.78, 5) is 26.0. The third kappa shape index (κ3) is 2.44. The van der Waals surface area contributed by atoms with Gasteiger partial charge in [-0.2, -0.15) is 0 Å². The molecular formula is C10H18N2O4. The van der Waals surface area contributed by atoms with E-state index in [1.807, 2.05) is 0 Å². The fraction of sp³-hybridized carbons (Fsp3) is 0.800. The largest absolute Gasteiger partial charge is 0.467 e. The molecule has 2 amide bonds. The summed E-state index contributed by atoms with van der Waals surface area (Å²) in [6.45, 7) is 0.727. The Morgan fingerprint density at radius 3 is 2.19 bits per heavy atom. The van der Waals surface area contributed by atoms with Gasteiger partial charge in [0.25, 0.3) is 0 Å². The highest BCUT2D eigenvalue weighted by Gasteiger charge is 2.41. The Hall–Kier alpha value is -1.30. The van der Waals surface area contributed by atoms with E-state index >= 15 is 0 Å². The van der Waals surface area contributed by atoms with Crippen LogP contribution < -0.4 is 0 Å². The third-order valence-electron chi connectivity index (χ3n) is 2.81. The SMILES string of the molecule is COC(=O)C1(O)CCN(C(=O)N(C)C)CC1. The molecule has 0 aliphatic carbocycles. The Balaban J connectivity index is 2.57. The van der Waals surface area contributed by atoms with E-state index in [-0.39, 0.29) is 18.9 Å². The predicted octanol–water partition coefficient (Wildman–Crippen LogP) is -0.332. The van der Waals surface area contributed by atoms with Crippen LogP contribution in [0.5, 0.6) is 0 Å². The molecule has 1 aliphatic heterocycles. The first-order chi connectivity index (χ1) is 7.40. The van der Waals surface area contributed by atoms with Crippen molar-refractivity contribution in [1.29, 1.82) is 0 Å². The van der Waals surface area contributed by atoms with E-state index in [9.17, 15) is 14.7 Å². The quantitative estimate of drug-likeness (QED) is 0.626. The average Bonchev–Trinajstić information content (AvgIpc) is 2.28. The number of ether oxygens (including phenoxy) is 1. The normalized spacial score (nSPS) is 19.1. The molecule has 0 unspecified atom stereocenters. The molecule has 0 bridgehead atoms. The number of carbonyl (C=O) groups is 2. The number of rotatable bonds is 1. The second-order valence-corrected chi connectivity index (χ2v) is 4.19. The lowest BCUT2D eigenvalue weighted by molar-refractivity contribution is -0.166. The van der Waals surface area contributed by atoms with Gasteiger partial charge in [-0.15, -0.1) is 0 Å². The molecule has 6 heteroatoms. The Kier molecular flexibility index (Phi) is 3.74. The summed E-state index contributed by atoms with van der Waals surface area (Å²) >= 11 is 0. The highest BCUT2D eigenvalue weighted by molar-refractivity contribution is 5.80. The maximum absolute atomic E-state index is 11.6. The molecule has 1 aliphatic rings. The highest BCUT2D eigenvalue weighted by atomic mass is 16.5. The number of hydrogen-bond acceptors (Lipinski definition) is 4. The van der Waals surface area contributed by atoms with Crippen molar-refractivity contribution in [3.8, 4) is 0 Å². The molecule has 16 heavy (non-hydrogen) atoms. The lowest BCUT2D eigenvalue weighted by atomic mass is 9.92. The molecule has 6 nitrogen and oxygen atoms in total. The van der Waals surface area contributed by atoms with Gasteiger partial charge < -0.3 is 19.6 Å². The maximum Gasteiger partial charge on any atom is 0.337 e. The minimum Gasteiger partial charge on any atom is -0.467 e. The van der Waals surface area contributed by atoms with Crippen molar-refractivity contribution in [2.75, 3.05) is 34.3 Å². The van der Waals surface area contributed by atoms with Crippen LogP contribution in [0.4, 0.5) is 4.79 Å². The molecule has 1 rings (SSSR count). The summed E-state index contributed by atoms with van der Waals surface area (Å²) in [6, 6.07) is -0.105. The van der Waals surface area contributed by atoms with E-state index in [4.69, 9.17) is 0 Å². The van der Waals surface area contributed by atoms with E-state index in [0.717, 1.165) is 0 Å². The van der Waals surface area contributed by atoms with Crippen molar-refractivity contribution in [3.63, 3.8) is 0 Å². The number of carbonyl (C=O) groups excluding carboxylic acids is 2. The van der Waals surface area contributed by atoms with Gasteiger partial charge in [-0.3, -0.25) is 0 Å². The van der Waals surface area contributed by atoms with Crippen LogP contribution in [0.1, 0.15) is 12.8 Å². The van der Waals surface area contributed by atoms with Crippen LogP contribution in [-0.4, -0.2) is 66.8 Å². The number of urea groups is 1. The van der Waals surface area contributed by atoms with Crippen molar-refractivity contribution < 1.29 is 19.4 Å². The number of esters is 1. The lowest BCUT2D eigenvalue weighted by Crippen LogP contribution is -2.53. The Bertz CT molecular complexity index is 283. The van der Waals surface area contributed by atoms with Crippen LogP contribution in [-0.2, 0) is 9.53 Å².